The van der Waals surface area contributed by atoms with E-state index in [9.17, 15) is 4.79 Å². The van der Waals surface area contributed by atoms with Gasteiger partial charge in [-0.3, -0.25) is 0 Å². The molecular weight excluding hydrogens is 266 g/mol. The van der Waals surface area contributed by atoms with Gasteiger partial charge in [-0.15, -0.1) is 10.2 Å². The van der Waals surface area contributed by atoms with Crippen LogP contribution < -0.4 is 16.1 Å². The Morgan fingerprint density at radius 1 is 1.26 bits per heavy atom. The number of hydrogen-bond donors (Lipinski definition) is 1. The molecule has 7 heteroatoms. The molecule has 96 valence electrons. The quantitative estimate of drug-likeness (QED) is 0.733. The summed E-state index contributed by atoms with van der Waals surface area (Å²) in [5.74, 6) is 0.593. The van der Waals surface area contributed by atoms with E-state index in [1.807, 2.05) is 6.07 Å². The van der Waals surface area contributed by atoms with E-state index in [-0.39, 0.29) is 12.2 Å². The first-order chi connectivity index (χ1) is 9.20. The Morgan fingerprint density at radius 3 is 2.89 bits per heavy atom. The molecule has 2 heterocycles. The second-order valence-corrected chi connectivity index (χ2v) is 4.87. The second-order valence-electron chi connectivity index (χ2n) is 3.78. The van der Waals surface area contributed by atoms with Crippen molar-refractivity contribution >= 4 is 27.4 Å². The molecule has 3 rings (SSSR count). The molecule has 0 saturated heterocycles. The molecule has 0 atom stereocenters. The molecule has 6 nitrogen and oxygen atoms in total. The van der Waals surface area contributed by atoms with Crippen LogP contribution in [0.4, 0.5) is 5.13 Å². The SMILES string of the molecule is Nc1nnc(COc2ccc3ccc(=O)oc3c2)s1. The Balaban J connectivity index is 1.83. The molecule has 0 bridgehead atoms. The van der Waals surface area contributed by atoms with Crippen molar-refractivity contribution in [2.24, 2.45) is 0 Å². The van der Waals surface area contributed by atoms with Gasteiger partial charge in [0.2, 0.25) is 5.13 Å². The van der Waals surface area contributed by atoms with Gasteiger partial charge in [0.15, 0.2) is 5.01 Å². The van der Waals surface area contributed by atoms with E-state index in [0.29, 0.717) is 21.5 Å². The van der Waals surface area contributed by atoms with E-state index >= 15 is 0 Å². The van der Waals surface area contributed by atoms with Gasteiger partial charge in [0.1, 0.15) is 17.9 Å². The lowest BCUT2D eigenvalue weighted by molar-refractivity contribution is 0.304. The number of nitrogen functional groups attached to an aromatic ring is 1. The number of ether oxygens (including phenoxy) is 1. The Labute approximate surface area is 111 Å². The van der Waals surface area contributed by atoms with E-state index in [2.05, 4.69) is 10.2 Å². The highest BCUT2D eigenvalue weighted by atomic mass is 32.1. The number of nitrogens with two attached hydrogens (primary N) is 1. The molecule has 2 aromatic heterocycles. The maximum Gasteiger partial charge on any atom is 0.336 e. The molecule has 0 saturated carbocycles. The van der Waals surface area contributed by atoms with Crippen molar-refractivity contribution < 1.29 is 9.15 Å². The molecule has 2 N–H and O–H groups in total. The van der Waals surface area contributed by atoms with Crippen LogP contribution in [-0.4, -0.2) is 10.2 Å². The molecular formula is C12H9N3O3S. The highest BCUT2D eigenvalue weighted by Gasteiger charge is 2.04. The first-order valence-electron chi connectivity index (χ1n) is 5.45. The number of fused-ring (bicyclic) bond motifs is 1. The highest BCUT2D eigenvalue weighted by molar-refractivity contribution is 7.15. The predicted molar refractivity (Wildman–Crippen MR) is 71.1 cm³/mol. The summed E-state index contributed by atoms with van der Waals surface area (Å²) in [7, 11) is 0. The number of hydrogen-bond acceptors (Lipinski definition) is 7. The summed E-state index contributed by atoms with van der Waals surface area (Å²) in [5, 5.41) is 9.48. The lowest BCUT2D eigenvalue weighted by Gasteiger charge is -2.04. The van der Waals surface area contributed by atoms with Crippen molar-refractivity contribution in [1.29, 1.82) is 0 Å². The summed E-state index contributed by atoms with van der Waals surface area (Å²) >= 11 is 1.27. The molecule has 0 spiro atoms. The largest absolute Gasteiger partial charge is 0.486 e. The summed E-state index contributed by atoms with van der Waals surface area (Å²) < 4.78 is 10.6. The Bertz CT molecular complexity index is 781. The van der Waals surface area contributed by atoms with Gasteiger partial charge in [0.25, 0.3) is 0 Å². The fourth-order valence-electron chi connectivity index (χ4n) is 1.60. The third-order valence-corrected chi connectivity index (χ3v) is 3.17. The van der Waals surface area contributed by atoms with Gasteiger partial charge in [0, 0.05) is 17.5 Å². The summed E-state index contributed by atoms with van der Waals surface area (Å²) in [4.78, 5) is 11.1. The minimum absolute atomic E-state index is 0.275. The molecule has 0 aliphatic carbocycles. The monoisotopic (exact) mass is 275 g/mol. The lowest BCUT2D eigenvalue weighted by atomic mass is 10.2. The average molecular weight is 275 g/mol. The lowest BCUT2D eigenvalue weighted by Crippen LogP contribution is -1.97. The fourth-order valence-corrected chi connectivity index (χ4v) is 2.12. The fraction of sp³-hybridized carbons (Fsp3) is 0.0833. The van der Waals surface area contributed by atoms with Crippen LogP contribution in [0.2, 0.25) is 0 Å². The van der Waals surface area contributed by atoms with E-state index in [4.69, 9.17) is 14.9 Å². The van der Waals surface area contributed by atoms with Gasteiger partial charge in [0.05, 0.1) is 0 Å². The summed E-state index contributed by atoms with van der Waals surface area (Å²) in [6, 6.07) is 8.37. The topological polar surface area (TPSA) is 91.2 Å². The Hall–Kier alpha value is -2.41. The zero-order chi connectivity index (χ0) is 13.2. The normalized spacial score (nSPS) is 10.7. The number of rotatable bonds is 3. The van der Waals surface area contributed by atoms with Crippen molar-refractivity contribution in [1.82, 2.24) is 10.2 Å². The van der Waals surface area contributed by atoms with Gasteiger partial charge >= 0.3 is 5.63 Å². The van der Waals surface area contributed by atoms with Crippen LogP contribution in [0.5, 0.6) is 5.75 Å². The van der Waals surface area contributed by atoms with Crippen molar-refractivity contribution in [3.05, 3.63) is 45.8 Å². The van der Waals surface area contributed by atoms with E-state index in [0.717, 1.165) is 5.39 Å². The average Bonchev–Trinajstić information content (AvgIpc) is 2.81. The Kier molecular flexibility index (Phi) is 2.88. The molecule has 0 aliphatic rings. The van der Waals surface area contributed by atoms with Crippen molar-refractivity contribution in [3.63, 3.8) is 0 Å². The summed E-state index contributed by atoms with van der Waals surface area (Å²) in [5.41, 5.74) is 5.58. The molecule has 0 unspecified atom stereocenters. The highest BCUT2D eigenvalue weighted by Crippen LogP contribution is 2.21. The smallest absolute Gasteiger partial charge is 0.336 e. The number of anilines is 1. The number of nitrogens with zero attached hydrogens (tertiary/aromatic N) is 2. The Morgan fingerprint density at radius 2 is 2.11 bits per heavy atom. The maximum absolute atomic E-state index is 11.1. The number of benzene rings is 1. The molecule has 3 aromatic rings. The molecule has 0 fully saturated rings. The van der Waals surface area contributed by atoms with Crippen LogP contribution >= 0.6 is 11.3 Å². The minimum Gasteiger partial charge on any atom is -0.486 e. The van der Waals surface area contributed by atoms with Crippen molar-refractivity contribution in [2.75, 3.05) is 5.73 Å². The third-order valence-electron chi connectivity index (χ3n) is 2.44. The maximum atomic E-state index is 11.1. The van der Waals surface area contributed by atoms with Crippen LogP contribution in [0.1, 0.15) is 5.01 Å². The molecule has 0 aliphatic heterocycles. The molecule has 1 aromatic carbocycles. The van der Waals surface area contributed by atoms with Gasteiger partial charge in [-0.2, -0.15) is 0 Å². The standard InChI is InChI=1S/C12H9N3O3S/c13-12-15-14-10(19-12)6-17-8-3-1-7-2-4-11(16)18-9(7)5-8/h1-5H,6H2,(H2,13,15). The zero-order valence-electron chi connectivity index (χ0n) is 9.70. The predicted octanol–water partition coefficient (Wildman–Crippen LogP) is 1.81. The van der Waals surface area contributed by atoms with Crippen LogP contribution in [0.15, 0.2) is 39.5 Å². The van der Waals surface area contributed by atoms with Crippen LogP contribution in [0.25, 0.3) is 11.0 Å². The zero-order valence-corrected chi connectivity index (χ0v) is 10.5. The third kappa shape index (κ3) is 2.55. The van der Waals surface area contributed by atoms with E-state index in [1.54, 1.807) is 18.2 Å². The van der Waals surface area contributed by atoms with Crippen LogP contribution in [-0.2, 0) is 6.61 Å². The van der Waals surface area contributed by atoms with Gasteiger partial charge in [-0.05, 0) is 18.2 Å². The van der Waals surface area contributed by atoms with Crippen LogP contribution in [0, 0.1) is 0 Å². The molecule has 19 heavy (non-hydrogen) atoms. The van der Waals surface area contributed by atoms with Gasteiger partial charge < -0.3 is 14.9 Å². The van der Waals surface area contributed by atoms with E-state index in [1.165, 1.54) is 17.4 Å². The van der Waals surface area contributed by atoms with Crippen LogP contribution in [0.3, 0.4) is 0 Å². The second kappa shape index (κ2) is 4.69. The number of aromatic nitrogens is 2. The van der Waals surface area contributed by atoms with Gasteiger partial charge in [-0.25, -0.2) is 4.79 Å². The van der Waals surface area contributed by atoms with E-state index < -0.39 is 0 Å². The molecule has 0 radical (unpaired) electrons. The van der Waals surface area contributed by atoms with Gasteiger partial charge in [-0.1, -0.05) is 11.3 Å². The summed E-state index contributed by atoms with van der Waals surface area (Å²) in [6.07, 6.45) is 0. The molecule has 0 amide bonds. The minimum atomic E-state index is -0.387. The van der Waals surface area contributed by atoms with Crippen molar-refractivity contribution in [3.8, 4) is 5.75 Å². The first-order valence-corrected chi connectivity index (χ1v) is 6.27. The van der Waals surface area contributed by atoms with Crippen molar-refractivity contribution in [2.45, 2.75) is 6.61 Å². The first kappa shape index (κ1) is 11.7. The summed E-state index contributed by atoms with van der Waals surface area (Å²) in [6.45, 7) is 0.275.